The van der Waals surface area contributed by atoms with Gasteiger partial charge in [0.1, 0.15) is 5.75 Å². The molecule has 1 atom stereocenters. The van der Waals surface area contributed by atoms with Gasteiger partial charge in [0.05, 0.1) is 11.5 Å². The summed E-state index contributed by atoms with van der Waals surface area (Å²) in [5, 5.41) is 0. The van der Waals surface area contributed by atoms with E-state index in [0.717, 1.165) is 4.47 Å². The molecule has 7 heteroatoms. The lowest BCUT2D eigenvalue weighted by Crippen LogP contribution is -2.43. The van der Waals surface area contributed by atoms with Gasteiger partial charge in [-0.05, 0) is 37.6 Å². The lowest BCUT2D eigenvalue weighted by atomic mass is 10.2. The maximum Gasteiger partial charge on any atom is 0.260 e. The molecule has 1 fully saturated rings. The first-order valence-electron chi connectivity index (χ1n) is 6.79. The summed E-state index contributed by atoms with van der Waals surface area (Å²) in [6.45, 7) is 2.26. The molecule has 0 N–H and O–H groups in total. The third-order valence-electron chi connectivity index (χ3n) is 3.49. The normalized spacial score (nSPS) is 20.2. The van der Waals surface area contributed by atoms with Crippen molar-refractivity contribution in [2.75, 3.05) is 24.7 Å². The van der Waals surface area contributed by atoms with E-state index in [-0.39, 0.29) is 30.1 Å². The molecule has 1 aliphatic heterocycles. The van der Waals surface area contributed by atoms with Crippen LogP contribution in [0.15, 0.2) is 28.7 Å². The van der Waals surface area contributed by atoms with E-state index in [0.29, 0.717) is 18.7 Å². The predicted octanol–water partition coefficient (Wildman–Crippen LogP) is 1.86. The fourth-order valence-corrected chi connectivity index (χ4v) is 4.41. The van der Waals surface area contributed by atoms with Crippen LogP contribution in [0.25, 0.3) is 0 Å². The van der Waals surface area contributed by atoms with Crippen molar-refractivity contribution < 1.29 is 17.9 Å². The Balaban J connectivity index is 1.93. The third kappa shape index (κ3) is 4.44. The quantitative estimate of drug-likeness (QED) is 0.787. The number of benzene rings is 1. The molecule has 1 aromatic rings. The molecule has 1 aliphatic rings. The summed E-state index contributed by atoms with van der Waals surface area (Å²) in [6, 6.07) is 6.99. The average Bonchev–Trinajstić information content (AvgIpc) is 2.79. The number of carbonyl (C=O) groups excluding carboxylic acids is 1. The maximum atomic E-state index is 12.2. The molecule has 0 saturated carbocycles. The number of amides is 1. The highest BCUT2D eigenvalue weighted by molar-refractivity contribution is 9.10. The van der Waals surface area contributed by atoms with Gasteiger partial charge in [0.25, 0.3) is 5.91 Å². The first kappa shape index (κ1) is 16.3. The van der Waals surface area contributed by atoms with Gasteiger partial charge in [-0.25, -0.2) is 8.42 Å². The molecule has 5 nitrogen and oxygen atoms in total. The molecule has 2 rings (SSSR count). The highest BCUT2D eigenvalue weighted by Gasteiger charge is 2.33. The van der Waals surface area contributed by atoms with E-state index in [1.165, 1.54) is 0 Å². The predicted molar refractivity (Wildman–Crippen MR) is 84.1 cm³/mol. The zero-order valence-electron chi connectivity index (χ0n) is 11.8. The zero-order valence-corrected chi connectivity index (χ0v) is 14.2. The molecule has 1 saturated heterocycles. The van der Waals surface area contributed by atoms with Gasteiger partial charge in [-0.3, -0.25) is 4.79 Å². The lowest BCUT2D eigenvalue weighted by Gasteiger charge is -2.26. The minimum Gasteiger partial charge on any atom is -0.484 e. The molecule has 0 bridgehead atoms. The van der Waals surface area contributed by atoms with Crippen molar-refractivity contribution in [2.24, 2.45) is 0 Å². The highest BCUT2D eigenvalue weighted by atomic mass is 79.9. The molecule has 1 aromatic carbocycles. The summed E-state index contributed by atoms with van der Waals surface area (Å²) >= 11 is 3.33. The van der Waals surface area contributed by atoms with Crippen molar-refractivity contribution in [2.45, 2.75) is 19.4 Å². The van der Waals surface area contributed by atoms with Crippen molar-refractivity contribution in [3.05, 3.63) is 28.7 Å². The molecular formula is C14H18BrNO4S. The van der Waals surface area contributed by atoms with Crippen LogP contribution in [0.5, 0.6) is 5.75 Å². The van der Waals surface area contributed by atoms with Crippen LogP contribution in [-0.4, -0.2) is 49.9 Å². The number of sulfone groups is 1. The maximum absolute atomic E-state index is 12.2. The topological polar surface area (TPSA) is 63.7 Å². The molecule has 0 spiro atoms. The van der Waals surface area contributed by atoms with Crippen LogP contribution in [0.1, 0.15) is 13.3 Å². The molecule has 116 valence electrons. The Morgan fingerprint density at radius 1 is 1.38 bits per heavy atom. The number of hydrogen-bond donors (Lipinski definition) is 0. The number of rotatable bonds is 5. The number of nitrogens with zero attached hydrogens (tertiary/aromatic N) is 1. The number of hydrogen-bond acceptors (Lipinski definition) is 4. The van der Waals surface area contributed by atoms with Crippen molar-refractivity contribution in [1.29, 1.82) is 0 Å². The van der Waals surface area contributed by atoms with E-state index in [2.05, 4.69) is 15.9 Å². The van der Waals surface area contributed by atoms with Crippen LogP contribution >= 0.6 is 15.9 Å². The largest absolute Gasteiger partial charge is 0.484 e. The molecular weight excluding hydrogens is 358 g/mol. The van der Waals surface area contributed by atoms with Crippen molar-refractivity contribution in [3.8, 4) is 5.75 Å². The van der Waals surface area contributed by atoms with Crippen LogP contribution in [0.2, 0.25) is 0 Å². The smallest absolute Gasteiger partial charge is 0.260 e. The van der Waals surface area contributed by atoms with Crippen molar-refractivity contribution >= 4 is 31.7 Å². The van der Waals surface area contributed by atoms with Gasteiger partial charge >= 0.3 is 0 Å². The number of halogens is 1. The van der Waals surface area contributed by atoms with E-state index in [4.69, 9.17) is 4.74 Å². The minimum atomic E-state index is -3.00. The Labute approximate surface area is 133 Å². The highest BCUT2D eigenvalue weighted by Crippen LogP contribution is 2.19. The van der Waals surface area contributed by atoms with Crippen LogP contribution in [-0.2, 0) is 14.6 Å². The van der Waals surface area contributed by atoms with E-state index in [1.807, 2.05) is 19.1 Å². The van der Waals surface area contributed by atoms with E-state index < -0.39 is 9.84 Å². The molecule has 21 heavy (non-hydrogen) atoms. The summed E-state index contributed by atoms with van der Waals surface area (Å²) in [7, 11) is -3.00. The second kappa shape index (κ2) is 6.79. The van der Waals surface area contributed by atoms with Crippen molar-refractivity contribution in [1.82, 2.24) is 4.90 Å². The summed E-state index contributed by atoms with van der Waals surface area (Å²) in [6.07, 6.45) is 0.514. The van der Waals surface area contributed by atoms with Crippen molar-refractivity contribution in [3.63, 3.8) is 0 Å². The SMILES string of the molecule is CCN(C(=O)COc1ccc(Br)cc1)[C@@H]1CCS(=O)(=O)C1. The van der Waals surface area contributed by atoms with Gasteiger partial charge in [0.15, 0.2) is 16.4 Å². The molecule has 0 aromatic heterocycles. The van der Waals surface area contributed by atoms with Gasteiger partial charge in [0, 0.05) is 17.1 Å². The molecule has 0 aliphatic carbocycles. The minimum absolute atomic E-state index is 0.0604. The Bertz CT molecular complexity index is 600. The first-order chi connectivity index (χ1) is 9.91. The van der Waals surface area contributed by atoms with Gasteiger partial charge < -0.3 is 9.64 Å². The summed E-state index contributed by atoms with van der Waals surface area (Å²) in [5.41, 5.74) is 0. The van der Waals surface area contributed by atoms with Crippen LogP contribution < -0.4 is 4.74 Å². The fraction of sp³-hybridized carbons (Fsp3) is 0.500. The molecule has 0 unspecified atom stereocenters. The van der Waals surface area contributed by atoms with Gasteiger partial charge in [-0.1, -0.05) is 15.9 Å². The van der Waals surface area contributed by atoms with Crippen LogP contribution in [0.3, 0.4) is 0 Å². The Morgan fingerprint density at radius 2 is 2.05 bits per heavy atom. The first-order valence-corrected chi connectivity index (χ1v) is 9.41. The van der Waals surface area contributed by atoms with E-state index in [1.54, 1.807) is 17.0 Å². The van der Waals surface area contributed by atoms with E-state index in [9.17, 15) is 13.2 Å². The van der Waals surface area contributed by atoms with Gasteiger partial charge in [-0.2, -0.15) is 0 Å². The standard InChI is InChI=1S/C14H18BrNO4S/c1-2-16(12-7-8-21(18,19)10-12)14(17)9-20-13-5-3-11(15)4-6-13/h3-6,12H,2,7-10H2,1H3/t12-/m1/s1. The second-order valence-electron chi connectivity index (χ2n) is 4.98. The molecule has 1 heterocycles. The average molecular weight is 376 g/mol. The summed E-state index contributed by atoms with van der Waals surface area (Å²) < 4.78 is 29.4. The number of ether oxygens (including phenoxy) is 1. The van der Waals surface area contributed by atoms with Crippen LogP contribution in [0.4, 0.5) is 0 Å². The Hall–Kier alpha value is -1.08. The number of likely N-dealkylation sites (N-methyl/N-ethyl adjacent to an activating group) is 1. The van der Waals surface area contributed by atoms with Gasteiger partial charge in [-0.15, -0.1) is 0 Å². The Morgan fingerprint density at radius 3 is 2.57 bits per heavy atom. The summed E-state index contributed by atoms with van der Waals surface area (Å²) in [4.78, 5) is 13.8. The van der Waals surface area contributed by atoms with Crippen LogP contribution in [0, 0.1) is 0 Å². The summed E-state index contributed by atoms with van der Waals surface area (Å²) in [5.74, 6) is 0.657. The van der Waals surface area contributed by atoms with E-state index >= 15 is 0 Å². The van der Waals surface area contributed by atoms with Gasteiger partial charge in [0.2, 0.25) is 0 Å². The molecule has 0 radical (unpaired) electrons. The molecule has 1 amide bonds. The number of carbonyl (C=O) groups is 1. The third-order valence-corrected chi connectivity index (χ3v) is 5.77. The fourth-order valence-electron chi connectivity index (χ4n) is 2.42. The lowest BCUT2D eigenvalue weighted by molar-refractivity contribution is -0.135. The monoisotopic (exact) mass is 375 g/mol. The second-order valence-corrected chi connectivity index (χ2v) is 8.12. The zero-order chi connectivity index (χ0) is 15.5. The Kier molecular flexibility index (Phi) is 5.27.